The summed E-state index contributed by atoms with van der Waals surface area (Å²) in [7, 11) is 1.48. The normalized spacial score (nSPS) is 12.1. The van der Waals surface area contributed by atoms with Crippen LogP contribution < -0.4 is 4.74 Å². The first-order chi connectivity index (χ1) is 10.0. The molecule has 0 unspecified atom stereocenters. The van der Waals surface area contributed by atoms with E-state index < -0.39 is 0 Å². The van der Waals surface area contributed by atoms with Crippen molar-refractivity contribution in [1.82, 2.24) is 9.55 Å². The van der Waals surface area contributed by atoms with Crippen molar-refractivity contribution < 1.29 is 9.13 Å². The molecule has 1 aromatic heterocycles. The van der Waals surface area contributed by atoms with Gasteiger partial charge in [0.15, 0.2) is 11.6 Å². The van der Waals surface area contributed by atoms with Gasteiger partial charge in [-0.15, -0.1) is 11.6 Å². The number of hydrogen-bond acceptors (Lipinski definition) is 2. The molecule has 0 radical (unpaired) electrons. The SMILES string of the molecule is CCC(C)(CC)n1c(CCCl)nc2cc(F)c(OC)cc21. The zero-order chi connectivity index (χ0) is 15.6. The first-order valence-corrected chi connectivity index (χ1v) is 7.85. The Balaban J connectivity index is 2.77. The molecular weight excluding hydrogens is 291 g/mol. The van der Waals surface area contributed by atoms with Crippen molar-refractivity contribution in [2.45, 2.75) is 45.6 Å². The number of aromatic nitrogens is 2. The van der Waals surface area contributed by atoms with Gasteiger partial charge in [-0.1, -0.05) is 13.8 Å². The maximum atomic E-state index is 13.9. The van der Waals surface area contributed by atoms with E-state index >= 15 is 0 Å². The number of ether oxygens (including phenoxy) is 1. The third-order valence-corrected chi connectivity index (χ3v) is 4.57. The van der Waals surface area contributed by atoms with Crippen LogP contribution in [0.3, 0.4) is 0 Å². The number of imidazole rings is 1. The minimum Gasteiger partial charge on any atom is -0.494 e. The predicted molar refractivity (Wildman–Crippen MR) is 84.9 cm³/mol. The van der Waals surface area contributed by atoms with E-state index in [-0.39, 0.29) is 17.1 Å². The third kappa shape index (κ3) is 2.73. The number of alkyl halides is 1. The Kier molecular flexibility index (Phi) is 4.77. The number of benzene rings is 1. The number of methoxy groups -OCH3 is 1. The van der Waals surface area contributed by atoms with Crippen LogP contribution >= 0.6 is 11.6 Å². The van der Waals surface area contributed by atoms with Crippen LogP contribution in [0.5, 0.6) is 5.75 Å². The van der Waals surface area contributed by atoms with Crippen LogP contribution in [-0.4, -0.2) is 22.5 Å². The van der Waals surface area contributed by atoms with Crippen LogP contribution in [0.15, 0.2) is 12.1 Å². The van der Waals surface area contributed by atoms with E-state index in [1.165, 1.54) is 13.2 Å². The molecule has 0 aliphatic heterocycles. The van der Waals surface area contributed by atoms with Crippen molar-refractivity contribution in [3.8, 4) is 5.75 Å². The monoisotopic (exact) mass is 312 g/mol. The summed E-state index contributed by atoms with van der Waals surface area (Å²) in [5.74, 6) is 1.25. The van der Waals surface area contributed by atoms with Gasteiger partial charge in [-0.2, -0.15) is 0 Å². The van der Waals surface area contributed by atoms with Gasteiger partial charge < -0.3 is 9.30 Å². The number of fused-ring (bicyclic) bond motifs is 1. The second kappa shape index (κ2) is 6.22. The molecule has 1 heterocycles. The zero-order valence-electron chi connectivity index (χ0n) is 13.0. The molecule has 0 spiro atoms. The molecule has 0 amide bonds. The van der Waals surface area contributed by atoms with Gasteiger partial charge in [-0.05, 0) is 19.8 Å². The summed E-state index contributed by atoms with van der Waals surface area (Å²) in [5, 5.41) is 0. The Morgan fingerprint density at radius 1 is 1.33 bits per heavy atom. The summed E-state index contributed by atoms with van der Waals surface area (Å²) in [6.45, 7) is 6.50. The largest absolute Gasteiger partial charge is 0.494 e. The second-order valence-corrected chi connectivity index (χ2v) is 5.86. The van der Waals surface area contributed by atoms with Crippen LogP contribution in [0.1, 0.15) is 39.4 Å². The molecule has 21 heavy (non-hydrogen) atoms. The van der Waals surface area contributed by atoms with Crippen molar-refractivity contribution in [2.24, 2.45) is 0 Å². The Morgan fingerprint density at radius 2 is 2.00 bits per heavy atom. The van der Waals surface area contributed by atoms with Gasteiger partial charge in [0.2, 0.25) is 0 Å². The minimum atomic E-state index is -0.387. The van der Waals surface area contributed by atoms with Gasteiger partial charge in [0.05, 0.1) is 18.1 Å². The molecule has 0 saturated heterocycles. The molecule has 116 valence electrons. The van der Waals surface area contributed by atoms with E-state index in [1.807, 2.05) is 0 Å². The van der Waals surface area contributed by atoms with Gasteiger partial charge in [-0.25, -0.2) is 9.37 Å². The predicted octanol–water partition coefficient (Wildman–Crippen LogP) is 4.50. The maximum Gasteiger partial charge on any atom is 0.167 e. The third-order valence-electron chi connectivity index (χ3n) is 4.38. The molecule has 1 aromatic carbocycles. The Hall–Kier alpha value is -1.29. The van der Waals surface area contributed by atoms with Crippen molar-refractivity contribution in [2.75, 3.05) is 13.0 Å². The summed E-state index contributed by atoms with van der Waals surface area (Å²) < 4.78 is 21.2. The fourth-order valence-electron chi connectivity index (χ4n) is 2.71. The lowest BCUT2D eigenvalue weighted by Crippen LogP contribution is -2.30. The van der Waals surface area contributed by atoms with E-state index in [4.69, 9.17) is 16.3 Å². The van der Waals surface area contributed by atoms with Gasteiger partial charge in [0.25, 0.3) is 0 Å². The van der Waals surface area contributed by atoms with E-state index in [9.17, 15) is 4.39 Å². The van der Waals surface area contributed by atoms with Gasteiger partial charge >= 0.3 is 0 Å². The van der Waals surface area contributed by atoms with Crippen LogP contribution in [0, 0.1) is 5.82 Å². The Bertz CT molecular complexity index is 635. The van der Waals surface area contributed by atoms with E-state index in [0.29, 0.717) is 17.8 Å². The molecule has 0 saturated carbocycles. The molecule has 0 aliphatic rings. The average Bonchev–Trinajstić information content (AvgIpc) is 2.83. The Labute approximate surface area is 130 Å². The van der Waals surface area contributed by atoms with Gasteiger partial charge in [-0.3, -0.25) is 0 Å². The summed E-state index contributed by atoms with van der Waals surface area (Å²) in [4.78, 5) is 4.58. The summed E-state index contributed by atoms with van der Waals surface area (Å²) in [6.07, 6.45) is 2.59. The highest BCUT2D eigenvalue weighted by atomic mass is 35.5. The smallest absolute Gasteiger partial charge is 0.167 e. The molecule has 2 aromatic rings. The molecule has 3 nitrogen and oxygen atoms in total. The fraction of sp³-hybridized carbons (Fsp3) is 0.562. The lowest BCUT2D eigenvalue weighted by atomic mass is 9.94. The average molecular weight is 313 g/mol. The van der Waals surface area contributed by atoms with E-state index in [1.54, 1.807) is 6.07 Å². The van der Waals surface area contributed by atoms with Crippen molar-refractivity contribution in [1.29, 1.82) is 0 Å². The van der Waals surface area contributed by atoms with Crippen LogP contribution in [0.2, 0.25) is 0 Å². The molecule has 0 atom stereocenters. The van der Waals surface area contributed by atoms with E-state index in [0.717, 1.165) is 24.2 Å². The van der Waals surface area contributed by atoms with Crippen molar-refractivity contribution in [3.05, 3.63) is 23.8 Å². The number of hydrogen-bond donors (Lipinski definition) is 0. The summed E-state index contributed by atoms with van der Waals surface area (Å²) in [5.41, 5.74) is 1.49. The van der Waals surface area contributed by atoms with Gasteiger partial charge in [0, 0.05) is 30.0 Å². The molecule has 0 bridgehead atoms. The van der Waals surface area contributed by atoms with Crippen LogP contribution in [0.25, 0.3) is 11.0 Å². The number of rotatable bonds is 6. The van der Waals surface area contributed by atoms with E-state index in [2.05, 4.69) is 30.3 Å². The van der Waals surface area contributed by atoms with Gasteiger partial charge in [0.1, 0.15) is 5.82 Å². The topological polar surface area (TPSA) is 27.1 Å². The summed E-state index contributed by atoms with van der Waals surface area (Å²) in [6, 6.07) is 3.17. The highest BCUT2D eigenvalue weighted by Crippen LogP contribution is 2.34. The molecule has 5 heteroatoms. The lowest BCUT2D eigenvalue weighted by molar-refractivity contribution is 0.294. The van der Waals surface area contributed by atoms with Crippen LogP contribution in [0.4, 0.5) is 4.39 Å². The number of halogens is 2. The second-order valence-electron chi connectivity index (χ2n) is 5.48. The maximum absolute atomic E-state index is 13.9. The number of aryl methyl sites for hydroxylation is 1. The molecule has 0 fully saturated rings. The van der Waals surface area contributed by atoms with Crippen molar-refractivity contribution >= 4 is 22.6 Å². The summed E-state index contributed by atoms with van der Waals surface area (Å²) >= 11 is 5.91. The molecular formula is C16H22ClFN2O. The quantitative estimate of drug-likeness (QED) is 0.734. The number of nitrogens with zero attached hydrogens (tertiary/aromatic N) is 2. The van der Waals surface area contributed by atoms with Crippen LogP contribution in [-0.2, 0) is 12.0 Å². The highest BCUT2D eigenvalue weighted by Gasteiger charge is 2.28. The fourth-order valence-corrected chi connectivity index (χ4v) is 2.88. The highest BCUT2D eigenvalue weighted by molar-refractivity contribution is 6.17. The minimum absolute atomic E-state index is 0.0705. The van der Waals surface area contributed by atoms with Crippen molar-refractivity contribution in [3.63, 3.8) is 0 Å². The Morgan fingerprint density at radius 3 is 2.52 bits per heavy atom. The lowest BCUT2D eigenvalue weighted by Gasteiger charge is -2.31. The molecule has 0 N–H and O–H groups in total. The first kappa shape index (κ1) is 16.1. The molecule has 0 aliphatic carbocycles. The first-order valence-electron chi connectivity index (χ1n) is 7.32. The molecule has 2 rings (SSSR count). The standard InChI is InChI=1S/C16H22ClFN2O/c1-5-16(3,6-2)20-13-10-14(21-4)11(18)9-12(13)19-15(20)7-8-17/h9-10H,5-8H2,1-4H3. The zero-order valence-corrected chi connectivity index (χ0v) is 13.8.